The summed E-state index contributed by atoms with van der Waals surface area (Å²) in [5, 5.41) is 5.43. The quantitative estimate of drug-likeness (QED) is 0.853. The summed E-state index contributed by atoms with van der Waals surface area (Å²) in [5.74, 6) is -0.949. The van der Waals surface area contributed by atoms with Gasteiger partial charge >= 0.3 is 6.03 Å². The monoisotopic (exact) mass is 353 g/mol. The molecule has 2 rings (SSSR count). The molecule has 1 fully saturated rings. The highest BCUT2D eigenvalue weighted by atomic mass is 19.1. The Morgan fingerprint density at radius 3 is 2.32 bits per heavy atom. The fourth-order valence-corrected chi connectivity index (χ4v) is 2.86. The number of nitrogens with one attached hydrogen (secondary N) is 2. The van der Waals surface area contributed by atoms with E-state index in [2.05, 4.69) is 10.6 Å². The molecule has 1 aromatic carbocycles. The Balaban J connectivity index is 1.74. The number of hydrogen-bond acceptors (Lipinski definition) is 2. The molecule has 3 amide bonds. The minimum atomic E-state index is -0.725. The standard InChI is InChI=1S/C18H25F2N3O2/c1-12(2)17(24)21-6-3-13-4-7-23(8-5-13)18(25)22-16-10-14(19)9-15(20)11-16/h9-13H,3-8H2,1-2H3,(H,21,24)(H,22,25). The van der Waals surface area contributed by atoms with Crippen LogP contribution in [-0.4, -0.2) is 36.5 Å². The van der Waals surface area contributed by atoms with Crippen LogP contribution in [0.4, 0.5) is 19.3 Å². The number of hydrogen-bond donors (Lipinski definition) is 2. The molecule has 1 heterocycles. The molecule has 138 valence electrons. The molecule has 0 aromatic heterocycles. The predicted octanol–water partition coefficient (Wildman–Crippen LogP) is 3.37. The maximum Gasteiger partial charge on any atom is 0.321 e. The predicted molar refractivity (Wildman–Crippen MR) is 92.1 cm³/mol. The number of carbonyl (C=O) groups excluding carboxylic acids is 2. The molecule has 0 bridgehead atoms. The summed E-state index contributed by atoms with van der Waals surface area (Å²) in [7, 11) is 0. The molecular formula is C18H25F2N3O2. The molecule has 1 aromatic rings. The number of benzene rings is 1. The van der Waals surface area contributed by atoms with Gasteiger partial charge in [0.05, 0.1) is 0 Å². The van der Waals surface area contributed by atoms with E-state index in [4.69, 9.17) is 0 Å². The van der Waals surface area contributed by atoms with Gasteiger partial charge in [0.2, 0.25) is 5.91 Å². The number of nitrogens with zero attached hydrogens (tertiary/aromatic N) is 1. The van der Waals surface area contributed by atoms with Crippen molar-refractivity contribution in [2.45, 2.75) is 33.1 Å². The Morgan fingerprint density at radius 1 is 1.16 bits per heavy atom. The van der Waals surface area contributed by atoms with Crippen LogP contribution in [0.1, 0.15) is 33.1 Å². The molecule has 1 saturated heterocycles. The lowest BCUT2D eigenvalue weighted by atomic mass is 9.93. The van der Waals surface area contributed by atoms with Crippen LogP contribution in [-0.2, 0) is 4.79 Å². The van der Waals surface area contributed by atoms with Crippen molar-refractivity contribution < 1.29 is 18.4 Å². The van der Waals surface area contributed by atoms with Crippen molar-refractivity contribution in [1.82, 2.24) is 10.2 Å². The first-order chi connectivity index (χ1) is 11.8. The van der Waals surface area contributed by atoms with Gasteiger partial charge in [0.25, 0.3) is 0 Å². The number of urea groups is 1. The average Bonchev–Trinajstić information content (AvgIpc) is 2.54. The SMILES string of the molecule is CC(C)C(=O)NCCC1CCN(C(=O)Nc2cc(F)cc(F)c2)CC1. The molecule has 5 nitrogen and oxygen atoms in total. The van der Waals surface area contributed by atoms with E-state index in [0.717, 1.165) is 37.5 Å². The fourth-order valence-electron chi connectivity index (χ4n) is 2.86. The smallest absolute Gasteiger partial charge is 0.321 e. The largest absolute Gasteiger partial charge is 0.356 e. The van der Waals surface area contributed by atoms with E-state index in [1.165, 1.54) is 0 Å². The Morgan fingerprint density at radius 2 is 1.76 bits per heavy atom. The molecule has 0 atom stereocenters. The lowest BCUT2D eigenvalue weighted by molar-refractivity contribution is -0.124. The molecule has 7 heteroatoms. The summed E-state index contributed by atoms with van der Waals surface area (Å²) in [6, 6.07) is 2.59. The first kappa shape index (κ1) is 19.1. The van der Waals surface area contributed by atoms with Gasteiger partial charge in [0.1, 0.15) is 11.6 Å². The summed E-state index contributed by atoms with van der Waals surface area (Å²) in [6.45, 7) is 5.54. The number of amides is 3. The molecule has 0 spiro atoms. The number of piperidine rings is 1. The molecular weight excluding hydrogens is 328 g/mol. The van der Waals surface area contributed by atoms with Gasteiger partial charge in [-0.15, -0.1) is 0 Å². The van der Waals surface area contributed by atoms with Crippen LogP contribution in [0.5, 0.6) is 0 Å². The van der Waals surface area contributed by atoms with Crippen LogP contribution in [0.15, 0.2) is 18.2 Å². The molecule has 0 aliphatic carbocycles. The van der Waals surface area contributed by atoms with Gasteiger partial charge in [-0.05, 0) is 37.3 Å². The van der Waals surface area contributed by atoms with E-state index in [9.17, 15) is 18.4 Å². The van der Waals surface area contributed by atoms with E-state index in [-0.39, 0.29) is 23.5 Å². The van der Waals surface area contributed by atoms with Gasteiger partial charge < -0.3 is 15.5 Å². The molecule has 0 saturated carbocycles. The maximum atomic E-state index is 13.2. The number of likely N-dealkylation sites (tertiary alicyclic amines) is 1. The van der Waals surface area contributed by atoms with E-state index in [1.807, 2.05) is 13.8 Å². The third-order valence-electron chi connectivity index (χ3n) is 4.39. The van der Waals surface area contributed by atoms with Crippen LogP contribution >= 0.6 is 0 Å². The molecule has 1 aliphatic heterocycles. The first-order valence-corrected chi connectivity index (χ1v) is 8.65. The zero-order valence-corrected chi connectivity index (χ0v) is 14.6. The molecule has 1 aliphatic rings. The molecule has 0 unspecified atom stereocenters. The summed E-state index contributed by atoms with van der Waals surface area (Å²) in [5.41, 5.74) is 0.112. The zero-order valence-electron chi connectivity index (χ0n) is 14.6. The van der Waals surface area contributed by atoms with Crippen molar-refractivity contribution in [3.05, 3.63) is 29.8 Å². The van der Waals surface area contributed by atoms with E-state index in [1.54, 1.807) is 4.90 Å². The number of rotatable bonds is 5. The average molecular weight is 353 g/mol. The Kier molecular flexibility index (Phi) is 6.73. The highest BCUT2D eigenvalue weighted by Gasteiger charge is 2.23. The van der Waals surface area contributed by atoms with E-state index in [0.29, 0.717) is 25.6 Å². The summed E-state index contributed by atoms with van der Waals surface area (Å²) >= 11 is 0. The van der Waals surface area contributed by atoms with Crippen molar-refractivity contribution in [3.8, 4) is 0 Å². The zero-order chi connectivity index (χ0) is 18.4. The topological polar surface area (TPSA) is 61.4 Å². The second-order valence-corrected chi connectivity index (χ2v) is 6.75. The van der Waals surface area contributed by atoms with Crippen molar-refractivity contribution in [2.75, 3.05) is 25.0 Å². The second kappa shape index (κ2) is 8.78. The number of halogens is 2. The van der Waals surface area contributed by atoms with Gasteiger partial charge in [0.15, 0.2) is 0 Å². The van der Waals surface area contributed by atoms with Crippen molar-refractivity contribution in [3.63, 3.8) is 0 Å². The lowest BCUT2D eigenvalue weighted by Crippen LogP contribution is -2.41. The maximum absolute atomic E-state index is 13.2. The van der Waals surface area contributed by atoms with Crippen LogP contribution in [0.2, 0.25) is 0 Å². The molecule has 2 N–H and O–H groups in total. The number of carbonyl (C=O) groups is 2. The normalized spacial score (nSPS) is 15.3. The summed E-state index contributed by atoms with van der Waals surface area (Å²) in [4.78, 5) is 25.4. The van der Waals surface area contributed by atoms with Crippen LogP contribution in [0, 0.1) is 23.5 Å². The number of anilines is 1. The second-order valence-electron chi connectivity index (χ2n) is 6.75. The first-order valence-electron chi connectivity index (χ1n) is 8.65. The molecule has 0 radical (unpaired) electrons. The van der Waals surface area contributed by atoms with Crippen LogP contribution < -0.4 is 10.6 Å². The van der Waals surface area contributed by atoms with Gasteiger partial charge in [-0.3, -0.25) is 4.79 Å². The van der Waals surface area contributed by atoms with E-state index >= 15 is 0 Å². The van der Waals surface area contributed by atoms with Gasteiger partial charge in [-0.25, -0.2) is 13.6 Å². The minimum absolute atomic E-state index is 0.0156. The Hall–Kier alpha value is -2.18. The van der Waals surface area contributed by atoms with E-state index < -0.39 is 11.6 Å². The van der Waals surface area contributed by atoms with Crippen molar-refractivity contribution in [1.29, 1.82) is 0 Å². The van der Waals surface area contributed by atoms with Crippen molar-refractivity contribution >= 4 is 17.6 Å². The Bertz CT molecular complexity index is 594. The van der Waals surface area contributed by atoms with Crippen molar-refractivity contribution in [2.24, 2.45) is 11.8 Å². The highest BCUT2D eigenvalue weighted by Crippen LogP contribution is 2.21. The summed E-state index contributed by atoms with van der Waals surface area (Å²) in [6.07, 6.45) is 2.59. The lowest BCUT2D eigenvalue weighted by Gasteiger charge is -2.32. The third-order valence-corrected chi connectivity index (χ3v) is 4.39. The minimum Gasteiger partial charge on any atom is -0.356 e. The molecule has 25 heavy (non-hydrogen) atoms. The third kappa shape index (κ3) is 5.99. The van der Waals surface area contributed by atoms with Gasteiger partial charge in [0, 0.05) is 37.3 Å². The van der Waals surface area contributed by atoms with Crippen LogP contribution in [0.3, 0.4) is 0 Å². The van der Waals surface area contributed by atoms with Gasteiger partial charge in [-0.1, -0.05) is 13.8 Å². The fraction of sp³-hybridized carbons (Fsp3) is 0.556. The van der Waals surface area contributed by atoms with Crippen LogP contribution in [0.25, 0.3) is 0 Å². The Labute approximate surface area is 146 Å². The highest BCUT2D eigenvalue weighted by molar-refractivity contribution is 5.89. The summed E-state index contributed by atoms with van der Waals surface area (Å²) < 4.78 is 26.3. The van der Waals surface area contributed by atoms with Gasteiger partial charge in [-0.2, -0.15) is 0 Å².